The highest BCUT2D eigenvalue weighted by Crippen LogP contribution is 2.37. The molecular weight excluding hydrogens is 390 g/mol. The zero-order valence-corrected chi connectivity index (χ0v) is 16.6. The molecule has 1 fully saturated rings. The van der Waals surface area contributed by atoms with E-state index in [1.165, 1.54) is 11.8 Å². The van der Waals surface area contributed by atoms with Gasteiger partial charge < -0.3 is 0 Å². The number of aromatic nitrogens is 1. The topological polar surface area (TPSA) is 45.6 Å². The van der Waals surface area contributed by atoms with Crippen molar-refractivity contribution in [2.45, 2.75) is 6.92 Å². The van der Waals surface area contributed by atoms with Crippen LogP contribution in [-0.2, 0) is 4.79 Å². The van der Waals surface area contributed by atoms with E-state index < -0.39 is 0 Å². The number of anilines is 1. The van der Waals surface area contributed by atoms with Gasteiger partial charge in [-0.15, -0.1) is 0 Å². The Morgan fingerprint density at radius 2 is 1.82 bits per heavy atom. The zero-order chi connectivity index (χ0) is 19.5. The van der Waals surface area contributed by atoms with Gasteiger partial charge in [0.05, 0.1) is 10.6 Å². The van der Waals surface area contributed by atoms with Crippen LogP contribution >= 0.6 is 23.4 Å². The fraction of sp³-hybridized carbons (Fsp3) is 0.0455. The van der Waals surface area contributed by atoms with Gasteiger partial charge in [0.15, 0.2) is 11.0 Å². The molecular formula is C22H16ClN3OS. The first-order chi connectivity index (χ1) is 13.6. The second kappa shape index (κ2) is 8.00. The molecule has 138 valence electrons. The quantitative estimate of drug-likeness (QED) is 0.513. The van der Waals surface area contributed by atoms with Gasteiger partial charge in [-0.2, -0.15) is 0 Å². The van der Waals surface area contributed by atoms with Crippen LogP contribution in [0.15, 0.2) is 82.7 Å². The largest absolute Gasteiger partial charge is 0.271 e. The smallest absolute Gasteiger partial charge is 0.268 e. The van der Waals surface area contributed by atoms with E-state index in [1.807, 2.05) is 79.7 Å². The number of hydrogen-bond donors (Lipinski definition) is 0. The van der Waals surface area contributed by atoms with Crippen LogP contribution in [0.25, 0.3) is 6.08 Å². The van der Waals surface area contributed by atoms with E-state index in [1.54, 1.807) is 11.0 Å². The van der Waals surface area contributed by atoms with Crippen molar-refractivity contribution in [2.24, 2.45) is 4.99 Å². The molecule has 4 rings (SSSR count). The molecule has 3 aromatic rings. The SMILES string of the molecule is Cc1cccc(/N=C2/S/C(=C\c3cccc(Cl)c3)C(=O)N2c2ccccc2)n1. The van der Waals surface area contributed by atoms with Crippen molar-refractivity contribution in [2.75, 3.05) is 4.90 Å². The summed E-state index contributed by atoms with van der Waals surface area (Å²) in [5, 5.41) is 1.20. The first-order valence-corrected chi connectivity index (χ1v) is 9.86. The van der Waals surface area contributed by atoms with Crippen LogP contribution in [0, 0.1) is 6.92 Å². The molecule has 1 aliphatic heterocycles. The normalized spacial score (nSPS) is 16.9. The summed E-state index contributed by atoms with van der Waals surface area (Å²) in [5.74, 6) is 0.447. The van der Waals surface area contributed by atoms with Crippen LogP contribution in [0.1, 0.15) is 11.3 Å². The number of halogens is 1. The minimum Gasteiger partial charge on any atom is -0.268 e. The monoisotopic (exact) mass is 405 g/mol. The molecule has 4 nitrogen and oxygen atoms in total. The first-order valence-electron chi connectivity index (χ1n) is 8.67. The van der Waals surface area contributed by atoms with E-state index in [-0.39, 0.29) is 5.91 Å². The third kappa shape index (κ3) is 4.01. The maximum atomic E-state index is 13.2. The molecule has 2 aromatic carbocycles. The fourth-order valence-corrected chi connectivity index (χ4v) is 3.98. The number of benzene rings is 2. The Labute approximate surface area is 172 Å². The third-order valence-electron chi connectivity index (χ3n) is 4.05. The number of aryl methyl sites for hydroxylation is 1. The number of amidine groups is 1. The number of carbonyl (C=O) groups excluding carboxylic acids is 1. The molecule has 6 heteroatoms. The maximum Gasteiger partial charge on any atom is 0.271 e. The van der Waals surface area contributed by atoms with E-state index in [0.717, 1.165) is 16.9 Å². The van der Waals surface area contributed by atoms with Crippen LogP contribution in [0.2, 0.25) is 5.02 Å². The lowest BCUT2D eigenvalue weighted by atomic mass is 10.2. The molecule has 0 radical (unpaired) electrons. The average molecular weight is 406 g/mol. The van der Waals surface area contributed by atoms with E-state index in [0.29, 0.717) is 20.9 Å². The molecule has 1 aliphatic rings. The van der Waals surface area contributed by atoms with Gasteiger partial charge >= 0.3 is 0 Å². The zero-order valence-electron chi connectivity index (χ0n) is 15.0. The molecule has 0 saturated carbocycles. The van der Waals surface area contributed by atoms with Gasteiger partial charge in [0, 0.05) is 10.7 Å². The first kappa shape index (κ1) is 18.5. The highest BCUT2D eigenvalue weighted by Gasteiger charge is 2.34. The second-order valence-electron chi connectivity index (χ2n) is 6.17. The summed E-state index contributed by atoms with van der Waals surface area (Å²) in [6.07, 6.45) is 1.83. The molecule has 0 bridgehead atoms. The van der Waals surface area contributed by atoms with Gasteiger partial charge in [0.2, 0.25) is 0 Å². The fourth-order valence-electron chi connectivity index (χ4n) is 2.79. The average Bonchev–Trinajstić information content (AvgIpc) is 2.97. The summed E-state index contributed by atoms with van der Waals surface area (Å²) in [6, 6.07) is 22.5. The van der Waals surface area contributed by atoms with Crippen LogP contribution in [0.5, 0.6) is 0 Å². The van der Waals surface area contributed by atoms with Crippen molar-refractivity contribution >= 4 is 52.0 Å². The van der Waals surface area contributed by atoms with E-state index in [4.69, 9.17) is 11.6 Å². The van der Waals surface area contributed by atoms with Crippen molar-refractivity contribution in [1.82, 2.24) is 4.98 Å². The van der Waals surface area contributed by atoms with Crippen LogP contribution in [0.3, 0.4) is 0 Å². The number of nitrogens with zero attached hydrogens (tertiary/aromatic N) is 3. The van der Waals surface area contributed by atoms with Crippen molar-refractivity contribution in [3.63, 3.8) is 0 Å². The summed E-state index contributed by atoms with van der Waals surface area (Å²) in [4.78, 5) is 24.4. The van der Waals surface area contributed by atoms with Gasteiger partial charge in [-0.25, -0.2) is 9.98 Å². The summed E-state index contributed by atoms with van der Waals surface area (Å²) in [6.45, 7) is 1.91. The predicted octanol–water partition coefficient (Wildman–Crippen LogP) is 5.85. The van der Waals surface area contributed by atoms with Crippen molar-refractivity contribution in [1.29, 1.82) is 0 Å². The van der Waals surface area contributed by atoms with Crippen LogP contribution < -0.4 is 4.90 Å². The highest BCUT2D eigenvalue weighted by molar-refractivity contribution is 8.19. The molecule has 0 unspecified atom stereocenters. The van der Waals surface area contributed by atoms with E-state index >= 15 is 0 Å². The van der Waals surface area contributed by atoms with E-state index in [9.17, 15) is 4.79 Å². The molecule has 2 heterocycles. The van der Waals surface area contributed by atoms with Crippen molar-refractivity contribution < 1.29 is 4.79 Å². The predicted molar refractivity (Wildman–Crippen MR) is 117 cm³/mol. The molecule has 1 amide bonds. The molecule has 0 aliphatic carbocycles. The molecule has 1 saturated heterocycles. The minimum atomic E-state index is -0.123. The molecule has 0 N–H and O–H groups in total. The number of pyridine rings is 1. The van der Waals surface area contributed by atoms with Crippen molar-refractivity contribution in [3.8, 4) is 0 Å². The van der Waals surface area contributed by atoms with Crippen LogP contribution in [-0.4, -0.2) is 16.1 Å². The van der Waals surface area contributed by atoms with Crippen LogP contribution in [0.4, 0.5) is 11.5 Å². The number of thioether (sulfide) groups is 1. The Balaban J connectivity index is 1.78. The highest BCUT2D eigenvalue weighted by atomic mass is 35.5. The lowest BCUT2D eigenvalue weighted by Crippen LogP contribution is -2.28. The molecule has 1 aromatic heterocycles. The van der Waals surface area contributed by atoms with E-state index in [2.05, 4.69) is 9.98 Å². The second-order valence-corrected chi connectivity index (χ2v) is 7.62. The Kier molecular flexibility index (Phi) is 5.28. The Morgan fingerprint density at radius 1 is 1.04 bits per heavy atom. The van der Waals surface area contributed by atoms with Crippen molar-refractivity contribution in [3.05, 3.63) is 94.0 Å². The number of amides is 1. The number of hydrogen-bond acceptors (Lipinski definition) is 4. The maximum absolute atomic E-state index is 13.2. The summed E-state index contributed by atoms with van der Waals surface area (Å²) in [5.41, 5.74) is 2.50. The lowest BCUT2D eigenvalue weighted by Gasteiger charge is -2.15. The lowest BCUT2D eigenvalue weighted by molar-refractivity contribution is -0.113. The summed E-state index contributed by atoms with van der Waals surface area (Å²) in [7, 11) is 0. The van der Waals surface area contributed by atoms with Gasteiger partial charge in [0.1, 0.15) is 0 Å². The van der Waals surface area contributed by atoms with Gasteiger partial charge in [-0.3, -0.25) is 9.69 Å². The molecule has 28 heavy (non-hydrogen) atoms. The molecule has 0 spiro atoms. The number of carbonyl (C=O) groups is 1. The Bertz CT molecular complexity index is 1100. The minimum absolute atomic E-state index is 0.123. The van der Waals surface area contributed by atoms with Gasteiger partial charge in [-0.1, -0.05) is 48.0 Å². The number of aliphatic imine (C=N–C) groups is 1. The summed E-state index contributed by atoms with van der Waals surface area (Å²) < 4.78 is 0. The standard InChI is InChI=1S/C22H16ClN3OS/c1-15-7-5-12-20(24-15)25-22-26(18-10-3-2-4-11-18)21(27)19(28-22)14-16-8-6-9-17(23)13-16/h2-14H,1H3/b19-14-,25-22+. The Hall–Kier alpha value is -2.89. The third-order valence-corrected chi connectivity index (χ3v) is 5.25. The number of para-hydroxylation sites is 1. The van der Waals surface area contributed by atoms with Gasteiger partial charge in [-0.05, 0) is 66.7 Å². The Morgan fingerprint density at radius 3 is 2.57 bits per heavy atom. The molecule has 0 atom stereocenters. The number of rotatable bonds is 3. The summed E-state index contributed by atoms with van der Waals surface area (Å²) >= 11 is 7.41. The van der Waals surface area contributed by atoms with Gasteiger partial charge in [0.25, 0.3) is 5.91 Å².